The molecule has 0 bridgehead atoms. The Bertz CT molecular complexity index is 3560. The molecule has 0 amide bonds. The molecule has 16 nitrogen and oxygen atoms in total. The average molecular weight is 948 g/mol. The molecule has 342 valence electrons. The predicted molar refractivity (Wildman–Crippen MR) is 267 cm³/mol. The zero-order chi connectivity index (χ0) is 46.8. The number of oxazole rings is 2. The Morgan fingerprint density at radius 3 is 1.60 bits per heavy atom. The van der Waals surface area contributed by atoms with E-state index in [9.17, 15) is 10.2 Å². The summed E-state index contributed by atoms with van der Waals surface area (Å²) in [5.41, 5.74) is 24.3. The van der Waals surface area contributed by atoms with E-state index in [2.05, 4.69) is 51.3 Å². The molecule has 1 unspecified atom stereocenters. The molecule has 8 N–H and O–H groups in total. The molecule has 0 aliphatic heterocycles. The van der Waals surface area contributed by atoms with Crippen LogP contribution in [-0.2, 0) is 0 Å². The molecule has 4 aromatic carbocycles. The molecular formula is C50H44Cl2N12O4. The number of nitrogens with one attached hydrogen (secondary N) is 2. The number of allylic oxidation sites excluding steroid dienone is 1. The minimum atomic E-state index is -0.456. The van der Waals surface area contributed by atoms with Gasteiger partial charge in [-0.3, -0.25) is 0 Å². The van der Waals surface area contributed by atoms with Crippen molar-refractivity contribution < 1.29 is 19.0 Å². The summed E-state index contributed by atoms with van der Waals surface area (Å²) >= 11 is 12.3. The fourth-order valence-corrected chi connectivity index (χ4v) is 9.91. The molecule has 10 aromatic rings. The van der Waals surface area contributed by atoms with E-state index < -0.39 is 6.10 Å². The van der Waals surface area contributed by atoms with E-state index in [1.807, 2.05) is 97.4 Å². The Hall–Kier alpha value is -7.50. The number of hydrogen-bond donors (Lipinski definition) is 6. The number of aliphatic hydroxyl groups is 2. The SMILES string of the molecule is Cc1cc(Cl)cc2nc(Nc3ccc(-c4cn(C5C=C[C@H](O)C5)c5ncnc(N)c45)cc3)oc12.Cc1cc(Cl)cc2nc(Nc3ccc(-c4cn([C@@H]5CC[C@H](O)C5)c5ncnc(N)c45)cc3)oc12. The van der Waals surface area contributed by atoms with Crippen LogP contribution in [0.1, 0.15) is 48.9 Å². The van der Waals surface area contributed by atoms with Crippen LogP contribution >= 0.6 is 23.2 Å². The van der Waals surface area contributed by atoms with Gasteiger partial charge >= 0.3 is 0 Å². The molecule has 12 rings (SSSR count). The van der Waals surface area contributed by atoms with Crippen LogP contribution < -0.4 is 22.1 Å². The predicted octanol–water partition coefficient (Wildman–Crippen LogP) is 11.0. The number of aromatic nitrogens is 8. The van der Waals surface area contributed by atoms with Crippen molar-refractivity contribution in [3.8, 4) is 22.3 Å². The fraction of sp³-hybridized carbons (Fsp3) is 0.200. The fourth-order valence-electron chi connectivity index (χ4n) is 9.37. The number of rotatable bonds is 8. The first-order valence-electron chi connectivity index (χ1n) is 22.1. The highest BCUT2D eigenvalue weighted by Gasteiger charge is 2.28. The first kappa shape index (κ1) is 43.1. The maximum atomic E-state index is 10.0. The quantitative estimate of drug-likeness (QED) is 0.0779. The van der Waals surface area contributed by atoms with Crippen LogP contribution in [0.25, 0.3) is 66.5 Å². The molecule has 68 heavy (non-hydrogen) atoms. The molecule has 1 saturated carbocycles. The van der Waals surface area contributed by atoms with Crippen LogP contribution in [0.2, 0.25) is 10.0 Å². The number of hydrogen-bond acceptors (Lipinski definition) is 14. The van der Waals surface area contributed by atoms with Gasteiger partial charge in [-0.2, -0.15) is 9.97 Å². The number of anilines is 6. The van der Waals surface area contributed by atoms with E-state index >= 15 is 0 Å². The van der Waals surface area contributed by atoms with Gasteiger partial charge in [0.15, 0.2) is 11.2 Å². The minimum absolute atomic E-state index is 0.0117. The summed E-state index contributed by atoms with van der Waals surface area (Å²) in [5.74, 6) is 0.865. The second-order valence-electron chi connectivity index (χ2n) is 17.3. The highest BCUT2D eigenvalue weighted by atomic mass is 35.5. The highest BCUT2D eigenvalue weighted by molar-refractivity contribution is 6.31. The zero-order valence-corrected chi connectivity index (χ0v) is 38.2. The molecule has 18 heteroatoms. The van der Waals surface area contributed by atoms with Gasteiger partial charge in [0.05, 0.1) is 29.0 Å². The molecule has 2 aliphatic carbocycles. The highest BCUT2D eigenvalue weighted by Crippen LogP contribution is 2.41. The van der Waals surface area contributed by atoms with Crippen molar-refractivity contribution in [2.75, 3.05) is 22.1 Å². The lowest BCUT2D eigenvalue weighted by Gasteiger charge is -2.12. The Morgan fingerprint density at radius 1 is 0.632 bits per heavy atom. The molecule has 0 saturated heterocycles. The summed E-state index contributed by atoms with van der Waals surface area (Å²) in [4.78, 5) is 26.4. The van der Waals surface area contributed by atoms with Gasteiger partial charge in [0.25, 0.3) is 12.0 Å². The van der Waals surface area contributed by atoms with Gasteiger partial charge in [-0.1, -0.05) is 59.6 Å². The monoisotopic (exact) mass is 946 g/mol. The number of nitrogens with zero attached hydrogens (tertiary/aromatic N) is 8. The normalized spacial score (nSPS) is 18.0. The van der Waals surface area contributed by atoms with Crippen molar-refractivity contribution in [3.05, 3.63) is 131 Å². The lowest BCUT2D eigenvalue weighted by molar-refractivity contribution is 0.178. The molecule has 1 fully saturated rings. The van der Waals surface area contributed by atoms with Gasteiger partial charge < -0.3 is 50.3 Å². The maximum Gasteiger partial charge on any atom is 0.300 e. The van der Waals surface area contributed by atoms with E-state index in [0.717, 1.165) is 79.7 Å². The molecule has 6 heterocycles. The Labute approximate surface area is 398 Å². The van der Waals surface area contributed by atoms with E-state index in [-0.39, 0.29) is 18.2 Å². The third-order valence-corrected chi connectivity index (χ3v) is 13.1. The minimum Gasteiger partial charge on any atom is -0.423 e. The molecule has 6 aromatic heterocycles. The van der Waals surface area contributed by atoms with E-state index in [1.54, 1.807) is 12.1 Å². The van der Waals surface area contributed by atoms with Gasteiger partial charge in [-0.05, 0) is 104 Å². The molecule has 0 spiro atoms. The number of nitrogens with two attached hydrogens (primary N) is 2. The van der Waals surface area contributed by atoms with Gasteiger partial charge in [0, 0.05) is 57.4 Å². The Balaban J connectivity index is 0.000000149. The number of nitrogen functional groups attached to an aromatic ring is 2. The lowest BCUT2D eigenvalue weighted by atomic mass is 10.1. The second kappa shape index (κ2) is 17.3. The van der Waals surface area contributed by atoms with Crippen LogP contribution in [0.4, 0.5) is 35.0 Å². The summed E-state index contributed by atoms with van der Waals surface area (Å²) in [6.07, 6.45) is 13.2. The van der Waals surface area contributed by atoms with Crippen LogP contribution in [0.15, 0.2) is 119 Å². The standard InChI is InChI=1S/C25H23ClN6O2.C25H21ClN6O2/c2*1-13-8-15(26)9-20-22(13)34-25(31-20)30-16-4-2-14(3-5-16)19-11-32(17-6-7-18(33)10-17)24-21(19)23(27)28-12-29-24/h2-5,8-9,11-12,17-18,33H,6-7,10H2,1H3,(H,30,31)(H2,27,28,29);2-9,11-12,17-18,33H,10H2,1H3,(H,30,31)(H2,27,28,29)/t17-,18+;17?,18-/m10/s1. The summed E-state index contributed by atoms with van der Waals surface area (Å²) in [6.45, 7) is 3.88. The maximum absolute atomic E-state index is 10.0. The van der Waals surface area contributed by atoms with Gasteiger partial charge in [0.2, 0.25) is 0 Å². The summed E-state index contributed by atoms with van der Waals surface area (Å²) in [6, 6.07) is 24.1. The summed E-state index contributed by atoms with van der Waals surface area (Å²) in [5, 5.41) is 29.3. The van der Waals surface area contributed by atoms with Gasteiger partial charge in [0.1, 0.15) is 46.6 Å². The third kappa shape index (κ3) is 8.10. The van der Waals surface area contributed by atoms with E-state index in [1.165, 1.54) is 12.7 Å². The number of halogens is 2. The smallest absolute Gasteiger partial charge is 0.300 e. The molecular weight excluding hydrogens is 904 g/mol. The van der Waals surface area contributed by atoms with Crippen molar-refractivity contribution in [1.29, 1.82) is 0 Å². The van der Waals surface area contributed by atoms with Crippen LogP contribution in [0.5, 0.6) is 0 Å². The average Bonchev–Trinajstić information content (AvgIpc) is 4.18. The molecule has 2 aliphatic rings. The van der Waals surface area contributed by atoms with Crippen molar-refractivity contribution in [2.24, 2.45) is 0 Å². The summed E-state index contributed by atoms with van der Waals surface area (Å²) in [7, 11) is 0. The molecule has 0 radical (unpaired) electrons. The number of aliphatic hydroxyl groups excluding tert-OH is 2. The van der Waals surface area contributed by atoms with Crippen LogP contribution in [0, 0.1) is 13.8 Å². The number of aryl methyl sites for hydroxylation is 2. The van der Waals surface area contributed by atoms with Crippen molar-refractivity contribution >= 4 is 103 Å². The Kier molecular flexibility index (Phi) is 11.0. The zero-order valence-electron chi connectivity index (χ0n) is 36.7. The number of fused-ring (bicyclic) bond motifs is 4. The Morgan fingerprint density at radius 2 is 1.13 bits per heavy atom. The first-order valence-corrected chi connectivity index (χ1v) is 22.8. The second-order valence-corrected chi connectivity index (χ2v) is 18.1. The van der Waals surface area contributed by atoms with Crippen LogP contribution in [-0.4, -0.2) is 61.5 Å². The van der Waals surface area contributed by atoms with Crippen LogP contribution in [0.3, 0.4) is 0 Å². The van der Waals surface area contributed by atoms with Crippen molar-refractivity contribution in [3.63, 3.8) is 0 Å². The third-order valence-electron chi connectivity index (χ3n) is 12.6. The number of benzene rings is 4. The summed E-state index contributed by atoms with van der Waals surface area (Å²) < 4.78 is 15.9. The molecule has 4 atom stereocenters. The lowest BCUT2D eigenvalue weighted by Crippen LogP contribution is -2.08. The van der Waals surface area contributed by atoms with Gasteiger partial charge in [-0.15, -0.1) is 0 Å². The largest absolute Gasteiger partial charge is 0.423 e. The van der Waals surface area contributed by atoms with Crippen molar-refractivity contribution in [2.45, 2.75) is 63.8 Å². The van der Waals surface area contributed by atoms with Crippen molar-refractivity contribution in [1.82, 2.24) is 39.0 Å². The van der Waals surface area contributed by atoms with E-state index in [4.69, 9.17) is 43.5 Å². The van der Waals surface area contributed by atoms with Gasteiger partial charge in [-0.25, -0.2) is 19.9 Å². The topological polar surface area (TPSA) is 230 Å². The van der Waals surface area contributed by atoms with E-state index in [0.29, 0.717) is 68.8 Å². The first-order chi connectivity index (χ1) is 32.9.